The number of rotatable bonds is 5. The van der Waals surface area contributed by atoms with Crippen LogP contribution in [-0.2, 0) is 18.9 Å². The Bertz CT molecular complexity index is 896. The van der Waals surface area contributed by atoms with Crippen LogP contribution in [0.4, 0.5) is 5.69 Å². The van der Waals surface area contributed by atoms with E-state index in [1.54, 1.807) is 16.0 Å². The Morgan fingerprint density at radius 2 is 2.08 bits per heavy atom. The van der Waals surface area contributed by atoms with Crippen LogP contribution in [0.1, 0.15) is 18.3 Å². The minimum atomic E-state index is -0.307. The number of aromatic nitrogens is 5. The third-order valence-corrected chi connectivity index (χ3v) is 5.98. The summed E-state index contributed by atoms with van der Waals surface area (Å²) in [6.45, 7) is 5.68. The van der Waals surface area contributed by atoms with Gasteiger partial charge in [-0.15, -0.1) is 21.5 Å². The molecule has 0 aliphatic heterocycles. The molecular weight excluding hydrogens is 356 g/mol. The lowest BCUT2D eigenvalue weighted by atomic mass is 10.3. The summed E-state index contributed by atoms with van der Waals surface area (Å²) in [4.78, 5) is 13.6. The van der Waals surface area contributed by atoms with Gasteiger partial charge in [-0.3, -0.25) is 9.48 Å². The Labute approximate surface area is 154 Å². The van der Waals surface area contributed by atoms with E-state index in [0.717, 1.165) is 27.8 Å². The van der Waals surface area contributed by atoms with E-state index in [4.69, 9.17) is 0 Å². The molecule has 25 heavy (non-hydrogen) atoms. The molecule has 0 fully saturated rings. The highest BCUT2D eigenvalue weighted by atomic mass is 32.2. The molecule has 0 aromatic carbocycles. The van der Waals surface area contributed by atoms with Gasteiger partial charge in [-0.2, -0.15) is 5.10 Å². The van der Waals surface area contributed by atoms with Gasteiger partial charge in [0.25, 0.3) is 0 Å². The second-order valence-electron chi connectivity index (χ2n) is 5.76. The number of hydrogen-bond donors (Lipinski definition) is 1. The summed E-state index contributed by atoms with van der Waals surface area (Å²) in [6, 6.07) is 3.99. The summed E-state index contributed by atoms with van der Waals surface area (Å²) in [7, 11) is 3.78. The fraction of sp³-hybridized carbons (Fsp3) is 0.375. The van der Waals surface area contributed by atoms with Crippen molar-refractivity contribution in [2.24, 2.45) is 14.1 Å². The Kier molecular flexibility index (Phi) is 4.96. The molecule has 0 aliphatic carbocycles. The summed E-state index contributed by atoms with van der Waals surface area (Å²) in [5, 5.41) is 18.2. The van der Waals surface area contributed by atoms with E-state index in [9.17, 15) is 4.79 Å². The van der Waals surface area contributed by atoms with Crippen LogP contribution in [0.25, 0.3) is 10.7 Å². The number of hydrogen-bond acceptors (Lipinski definition) is 6. The van der Waals surface area contributed by atoms with Gasteiger partial charge in [0.2, 0.25) is 5.91 Å². The molecule has 3 aromatic heterocycles. The topological polar surface area (TPSA) is 77.6 Å². The molecule has 1 N–H and O–H groups in total. The van der Waals surface area contributed by atoms with Crippen LogP contribution in [-0.4, -0.2) is 35.7 Å². The molecule has 0 radical (unpaired) electrons. The molecule has 3 aromatic rings. The first kappa shape index (κ1) is 17.7. The van der Waals surface area contributed by atoms with E-state index in [2.05, 4.69) is 20.6 Å². The highest BCUT2D eigenvalue weighted by Gasteiger charge is 2.21. The van der Waals surface area contributed by atoms with Crippen LogP contribution in [0.2, 0.25) is 0 Å². The molecule has 0 saturated heterocycles. The van der Waals surface area contributed by atoms with Crippen LogP contribution in [0, 0.1) is 13.8 Å². The summed E-state index contributed by atoms with van der Waals surface area (Å²) in [6.07, 6.45) is 0. The lowest BCUT2D eigenvalue weighted by molar-refractivity contribution is -0.115. The SMILES string of the molecule is Cc1nn(C)c(C)c1NC(=O)C(C)Sc1nnc(-c2cccs2)n1C. The molecule has 0 bridgehead atoms. The summed E-state index contributed by atoms with van der Waals surface area (Å²) < 4.78 is 3.68. The fourth-order valence-corrected chi connectivity index (χ4v) is 3.99. The normalized spacial score (nSPS) is 12.4. The Balaban J connectivity index is 1.72. The molecular formula is C16H20N6OS2. The maximum absolute atomic E-state index is 12.6. The molecule has 132 valence electrons. The lowest BCUT2D eigenvalue weighted by Gasteiger charge is -2.12. The first-order chi connectivity index (χ1) is 11.9. The molecule has 3 rings (SSSR count). The molecule has 1 atom stereocenters. The minimum absolute atomic E-state index is 0.0788. The average molecular weight is 377 g/mol. The number of amides is 1. The fourth-order valence-electron chi connectivity index (χ4n) is 2.43. The highest BCUT2D eigenvalue weighted by molar-refractivity contribution is 8.00. The van der Waals surface area contributed by atoms with Crippen molar-refractivity contribution in [2.45, 2.75) is 31.2 Å². The lowest BCUT2D eigenvalue weighted by Crippen LogP contribution is -2.23. The summed E-state index contributed by atoms with van der Waals surface area (Å²) in [5.41, 5.74) is 2.52. The smallest absolute Gasteiger partial charge is 0.237 e. The number of anilines is 1. The van der Waals surface area contributed by atoms with Crippen LogP contribution in [0.15, 0.2) is 22.7 Å². The van der Waals surface area contributed by atoms with E-state index in [0.29, 0.717) is 5.16 Å². The number of carbonyl (C=O) groups excluding carboxylic acids is 1. The summed E-state index contributed by atoms with van der Waals surface area (Å²) in [5.74, 6) is 0.730. The standard InChI is InChI=1S/C16H20N6OS2/c1-9-13(10(2)22(5)20-9)17-15(23)11(3)25-16-19-18-14(21(16)4)12-7-6-8-24-12/h6-8,11H,1-5H3,(H,17,23). The Morgan fingerprint density at radius 3 is 2.68 bits per heavy atom. The van der Waals surface area contributed by atoms with Gasteiger partial charge in [0, 0.05) is 14.1 Å². The van der Waals surface area contributed by atoms with Crippen LogP contribution in [0.3, 0.4) is 0 Å². The van der Waals surface area contributed by atoms with E-state index in [1.165, 1.54) is 11.8 Å². The average Bonchev–Trinajstić information content (AvgIpc) is 3.26. The Hall–Kier alpha value is -2.13. The largest absolute Gasteiger partial charge is 0.322 e. The van der Waals surface area contributed by atoms with Gasteiger partial charge in [-0.05, 0) is 32.2 Å². The van der Waals surface area contributed by atoms with Crippen molar-refractivity contribution >= 4 is 34.7 Å². The van der Waals surface area contributed by atoms with Gasteiger partial charge in [-0.1, -0.05) is 17.8 Å². The number of nitrogens with zero attached hydrogens (tertiary/aromatic N) is 5. The maximum Gasteiger partial charge on any atom is 0.237 e. The van der Waals surface area contributed by atoms with E-state index in [-0.39, 0.29) is 11.2 Å². The van der Waals surface area contributed by atoms with Crippen molar-refractivity contribution in [3.05, 3.63) is 28.9 Å². The highest BCUT2D eigenvalue weighted by Crippen LogP contribution is 2.29. The predicted octanol–water partition coefficient (Wildman–Crippen LogP) is 3.01. The van der Waals surface area contributed by atoms with Gasteiger partial charge < -0.3 is 9.88 Å². The minimum Gasteiger partial charge on any atom is -0.322 e. The van der Waals surface area contributed by atoms with E-state index in [1.807, 2.05) is 56.9 Å². The molecule has 9 heteroatoms. The van der Waals surface area contributed by atoms with Gasteiger partial charge in [0.05, 0.1) is 27.2 Å². The van der Waals surface area contributed by atoms with Gasteiger partial charge in [0.1, 0.15) is 0 Å². The number of thiophene rings is 1. The van der Waals surface area contributed by atoms with Crippen LogP contribution in [0.5, 0.6) is 0 Å². The van der Waals surface area contributed by atoms with Crippen molar-refractivity contribution in [1.82, 2.24) is 24.5 Å². The third-order valence-electron chi connectivity index (χ3n) is 3.99. The monoisotopic (exact) mass is 376 g/mol. The Morgan fingerprint density at radius 1 is 1.32 bits per heavy atom. The quantitative estimate of drug-likeness (QED) is 0.693. The number of aryl methyl sites for hydroxylation is 2. The molecule has 3 heterocycles. The second-order valence-corrected chi connectivity index (χ2v) is 8.02. The van der Waals surface area contributed by atoms with E-state index >= 15 is 0 Å². The number of carbonyl (C=O) groups is 1. The van der Waals surface area contributed by atoms with E-state index < -0.39 is 0 Å². The van der Waals surface area contributed by atoms with Crippen molar-refractivity contribution < 1.29 is 4.79 Å². The zero-order valence-electron chi connectivity index (χ0n) is 14.8. The zero-order valence-corrected chi connectivity index (χ0v) is 16.4. The van der Waals surface area contributed by atoms with Gasteiger partial charge in [-0.25, -0.2) is 0 Å². The molecule has 0 spiro atoms. The van der Waals surface area contributed by atoms with Crippen LogP contribution < -0.4 is 5.32 Å². The first-order valence-corrected chi connectivity index (χ1v) is 9.55. The number of thioether (sulfide) groups is 1. The second kappa shape index (κ2) is 7.01. The first-order valence-electron chi connectivity index (χ1n) is 7.79. The van der Waals surface area contributed by atoms with Crippen molar-refractivity contribution in [2.75, 3.05) is 5.32 Å². The molecule has 7 nitrogen and oxygen atoms in total. The summed E-state index contributed by atoms with van der Waals surface area (Å²) >= 11 is 3.00. The maximum atomic E-state index is 12.6. The molecule has 1 unspecified atom stereocenters. The van der Waals surface area contributed by atoms with Crippen molar-refractivity contribution in [1.29, 1.82) is 0 Å². The molecule has 1 amide bonds. The molecule has 0 aliphatic rings. The van der Waals surface area contributed by atoms with Crippen molar-refractivity contribution in [3.8, 4) is 10.7 Å². The number of nitrogens with one attached hydrogen (secondary N) is 1. The van der Waals surface area contributed by atoms with Crippen molar-refractivity contribution in [3.63, 3.8) is 0 Å². The molecule has 0 saturated carbocycles. The van der Waals surface area contributed by atoms with Crippen LogP contribution >= 0.6 is 23.1 Å². The van der Waals surface area contributed by atoms with Gasteiger partial charge >= 0.3 is 0 Å². The predicted molar refractivity (Wildman–Crippen MR) is 101 cm³/mol. The third kappa shape index (κ3) is 3.47. The van der Waals surface area contributed by atoms with Gasteiger partial charge in [0.15, 0.2) is 11.0 Å². The zero-order chi connectivity index (χ0) is 18.1.